The third-order valence-corrected chi connectivity index (χ3v) is 5.63. The van der Waals surface area contributed by atoms with Crippen LogP contribution in [-0.4, -0.2) is 89.9 Å². The van der Waals surface area contributed by atoms with E-state index in [1.807, 2.05) is 0 Å². The molecule has 1 aromatic rings. The lowest BCUT2D eigenvalue weighted by Crippen LogP contribution is -2.60. The second-order valence-corrected chi connectivity index (χ2v) is 8.11. The van der Waals surface area contributed by atoms with Crippen LogP contribution in [0.1, 0.15) is 12.5 Å². The minimum absolute atomic E-state index is 0.0602. The molecule has 1 aromatic carbocycles. The summed E-state index contributed by atoms with van der Waals surface area (Å²) in [4.78, 5) is 11.4. The van der Waals surface area contributed by atoms with E-state index in [0.717, 1.165) is 13.0 Å². The molecule has 2 heterocycles. The molecule has 6 atom stereocenters. The maximum atomic E-state index is 11.4. The Kier molecular flexibility index (Phi) is 6.63. The number of carbonyl (C=O) groups excluding carboxylic acids is 1. The summed E-state index contributed by atoms with van der Waals surface area (Å²) in [5.41, 5.74) is 0.516. The van der Waals surface area contributed by atoms with Crippen molar-refractivity contribution in [2.75, 3.05) is 6.61 Å². The molecule has 8 N–H and O–H groups in total. The third-order valence-electron chi connectivity index (χ3n) is 5.63. The zero-order valence-corrected chi connectivity index (χ0v) is 18.3. The zero-order chi connectivity index (χ0) is 25.4. The molecule has 4 rings (SSSR count). The van der Waals surface area contributed by atoms with E-state index in [0.29, 0.717) is 0 Å². The van der Waals surface area contributed by atoms with Crippen LogP contribution in [0.2, 0.25) is 0 Å². The van der Waals surface area contributed by atoms with Crippen molar-refractivity contribution in [2.24, 2.45) is 0 Å². The summed E-state index contributed by atoms with van der Waals surface area (Å²) in [5, 5.41) is 70.6. The summed E-state index contributed by atoms with van der Waals surface area (Å²) in [6, 6.07) is 3.86. The number of allylic oxidation sites excluding steroid dienone is 2. The van der Waals surface area contributed by atoms with Gasteiger partial charge in [-0.25, -0.2) is 0 Å². The minimum atomic E-state index is -1.72. The maximum absolute atomic E-state index is 11.4. The van der Waals surface area contributed by atoms with Crippen molar-refractivity contribution in [3.05, 3.63) is 64.8 Å². The molecule has 1 saturated heterocycles. The van der Waals surface area contributed by atoms with Gasteiger partial charge in [0.1, 0.15) is 29.8 Å². The highest BCUT2D eigenvalue weighted by Gasteiger charge is 2.48. The number of carbonyl (C=O) groups is 1. The number of aliphatic hydroxyl groups is 7. The van der Waals surface area contributed by atoms with E-state index in [-0.39, 0.29) is 39.9 Å². The van der Waals surface area contributed by atoms with E-state index in [2.05, 4.69) is 4.74 Å². The Morgan fingerprint density at radius 3 is 2.49 bits per heavy atom. The molecule has 35 heavy (non-hydrogen) atoms. The zero-order valence-electron chi connectivity index (χ0n) is 18.3. The van der Waals surface area contributed by atoms with Crippen LogP contribution in [0.4, 0.5) is 0 Å². The molecule has 0 saturated carbocycles. The van der Waals surface area contributed by atoms with Gasteiger partial charge in [0.2, 0.25) is 18.2 Å². The molecule has 2 aliphatic heterocycles. The molecule has 12 nitrogen and oxygen atoms in total. The van der Waals surface area contributed by atoms with Gasteiger partial charge in [-0.15, -0.1) is 0 Å². The van der Waals surface area contributed by atoms with Gasteiger partial charge < -0.3 is 54.7 Å². The molecule has 6 unspecified atom stereocenters. The van der Waals surface area contributed by atoms with Crippen molar-refractivity contribution in [1.82, 2.24) is 0 Å². The van der Waals surface area contributed by atoms with Crippen molar-refractivity contribution in [3.8, 4) is 11.5 Å². The Morgan fingerprint density at radius 2 is 1.83 bits per heavy atom. The molecular weight excluding hydrogens is 468 g/mol. The number of aliphatic hydroxyl groups excluding tert-OH is 5. The smallest absolute Gasteiger partial charge is 0.305 e. The largest absolute Gasteiger partial charge is 0.571 e. The lowest BCUT2D eigenvalue weighted by Gasteiger charge is -2.41. The van der Waals surface area contributed by atoms with Crippen LogP contribution in [0, 0.1) is 0 Å². The first kappa shape index (κ1) is 24.4. The summed E-state index contributed by atoms with van der Waals surface area (Å²) in [6.07, 6.45) is -4.51. The molecule has 12 heteroatoms. The van der Waals surface area contributed by atoms with E-state index in [1.54, 1.807) is 0 Å². The second-order valence-electron chi connectivity index (χ2n) is 8.11. The summed E-state index contributed by atoms with van der Waals surface area (Å²) in [6.45, 7) is 0.434. The first-order valence-electron chi connectivity index (χ1n) is 10.6. The fourth-order valence-corrected chi connectivity index (χ4v) is 3.94. The number of rotatable bonds is 5. The topological polar surface area (TPSA) is 199 Å². The Balaban J connectivity index is 1.72. The minimum Gasteiger partial charge on any atom is -0.571 e. The van der Waals surface area contributed by atoms with Crippen molar-refractivity contribution < 1.29 is 59.5 Å². The molecular formula is C23H25O12+. The number of hydrogen-bond donors (Lipinski definition) is 7. The number of aromatic hydroxyl groups is 2. The molecule has 1 aliphatic carbocycles. The number of hydrogen-bond acceptors (Lipinski definition) is 11. The first-order valence-corrected chi connectivity index (χ1v) is 10.6. The fraction of sp³-hybridized carbons (Fsp3) is 0.348. The standard InChI is InChI=1S/C23H24O12/c1-9(25)32-22-18(8-24)35-23(20(31)19(22)30)34-17-7-12-14(28)5-11(26)6-16(12)33-21(17)10-2-3-13(27)15(29)4-10/h2-7,16,18-20,22-24,26-31H,8H2,1H3/p+1. The second kappa shape index (κ2) is 9.50. The molecule has 0 amide bonds. The average Bonchev–Trinajstić information content (AvgIpc) is 2.80. The highest BCUT2D eigenvalue weighted by atomic mass is 16.7. The Bertz CT molecular complexity index is 1130. The van der Waals surface area contributed by atoms with Crippen LogP contribution in [0.3, 0.4) is 0 Å². The maximum Gasteiger partial charge on any atom is 0.305 e. The molecule has 0 aromatic heterocycles. The summed E-state index contributed by atoms with van der Waals surface area (Å²) in [7, 11) is 0. The highest BCUT2D eigenvalue weighted by molar-refractivity contribution is 5.69. The number of fused-ring (bicyclic) bond motifs is 1. The Labute approximate surface area is 198 Å². The quantitative estimate of drug-likeness (QED) is 0.164. The molecule has 1 fully saturated rings. The Morgan fingerprint density at radius 1 is 1.09 bits per heavy atom. The predicted octanol–water partition coefficient (Wildman–Crippen LogP) is -0.112. The first-order chi connectivity index (χ1) is 16.6. The van der Waals surface area contributed by atoms with E-state index < -0.39 is 55.1 Å². The summed E-state index contributed by atoms with van der Waals surface area (Å²) in [5.74, 6) is -2.05. The summed E-state index contributed by atoms with van der Waals surface area (Å²) >= 11 is 0. The van der Waals surface area contributed by atoms with Crippen molar-refractivity contribution in [1.29, 1.82) is 0 Å². The van der Waals surface area contributed by atoms with Gasteiger partial charge >= 0.3 is 11.7 Å². The van der Waals surface area contributed by atoms with Gasteiger partial charge in [-0.05, 0) is 12.1 Å². The van der Waals surface area contributed by atoms with Gasteiger partial charge in [0, 0.05) is 25.1 Å². The van der Waals surface area contributed by atoms with Crippen LogP contribution in [0.25, 0.3) is 5.76 Å². The van der Waals surface area contributed by atoms with E-state index in [1.165, 1.54) is 30.4 Å². The molecule has 0 bridgehead atoms. The van der Waals surface area contributed by atoms with Crippen molar-refractivity contribution >= 4 is 11.7 Å². The number of esters is 1. The van der Waals surface area contributed by atoms with Gasteiger partial charge in [0.05, 0.1) is 23.8 Å². The van der Waals surface area contributed by atoms with Crippen LogP contribution in [0.15, 0.2) is 59.3 Å². The van der Waals surface area contributed by atoms with E-state index in [4.69, 9.17) is 14.2 Å². The lowest BCUT2D eigenvalue weighted by molar-refractivity contribution is -0.293. The number of benzene rings is 1. The van der Waals surface area contributed by atoms with Gasteiger partial charge in [-0.3, -0.25) is 4.79 Å². The predicted molar refractivity (Wildman–Crippen MR) is 117 cm³/mol. The molecule has 0 spiro atoms. The number of phenolic OH excluding ortho intramolecular Hbond substituents is 2. The normalized spacial score (nSPS) is 30.3. The van der Waals surface area contributed by atoms with E-state index >= 15 is 0 Å². The van der Waals surface area contributed by atoms with Crippen molar-refractivity contribution in [2.45, 2.75) is 43.7 Å². The number of ether oxygens (including phenoxy) is 4. The molecule has 188 valence electrons. The van der Waals surface area contributed by atoms with Gasteiger partial charge in [0.25, 0.3) is 0 Å². The summed E-state index contributed by atoms with van der Waals surface area (Å²) < 4.78 is 20.8. The van der Waals surface area contributed by atoms with Crippen LogP contribution < -0.4 is 0 Å². The van der Waals surface area contributed by atoms with Gasteiger partial charge in [-0.2, -0.15) is 0 Å². The fourth-order valence-electron chi connectivity index (χ4n) is 3.94. The van der Waals surface area contributed by atoms with Crippen LogP contribution >= 0.6 is 0 Å². The highest BCUT2D eigenvalue weighted by Crippen LogP contribution is 2.38. The van der Waals surface area contributed by atoms with Crippen molar-refractivity contribution in [3.63, 3.8) is 0 Å². The monoisotopic (exact) mass is 493 g/mol. The molecule has 0 radical (unpaired) electrons. The Hall–Kier alpha value is -3.71. The SMILES string of the molecule is CC(=O)OC1C(CO)OC(OC2=C(c3ccc(O)c(O)c3)[OH+]C3C=C(O)C=C(O)C3=C2)C(O)C1O. The number of phenols is 2. The van der Waals surface area contributed by atoms with E-state index in [9.17, 15) is 40.5 Å². The lowest BCUT2D eigenvalue weighted by atomic mass is 9.96. The van der Waals surface area contributed by atoms with Gasteiger partial charge in [0.15, 0.2) is 17.6 Å². The van der Waals surface area contributed by atoms with Crippen LogP contribution in [-0.2, 0) is 19.0 Å². The molecule has 3 aliphatic rings. The van der Waals surface area contributed by atoms with Gasteiger partial charge in [-0.1, -0.05) is 0 Å². The average molecular weight is 493 g/mol. The third kappa shape index (κ3) is 4.77. The van der Waals surface area contributed by atoms with Crippen LogP contribution in [0.5, 0.6) is 11.5 Å².